The molecule has 29 heavy (non-hydrogen) atoms. The van der Waals surface area contributed by atoms with Crippen LogP contribution >= 0.6 is 0 Å². The highest BCUT2D eigenvalue weighted by Gasteiger charge is 2.59. The fraction of sp³-hybridized carbons (Fsp3) is 0.333. The molecule has 0 aliphatic carbocycles. The van der Waals surface area contributed by atoms with Crippen LogP contribution in [0.15, 0.2) is 59.9 Å². The number of benzene rings is 2. The standard InChI is InChI=1S/C24H25N3O2/c1-4-28-14-13-27-20-8-6-5-7-19(20)23(2,3)24(27)16-26-22-18-15-25-12-11-17(18)9-10-21(22)29-24/h5-12,15-16H,4,13-14H2,1-3H3. The van der Waals surface area contributed by atoms with Crippen LogP contribution in [0.3, 0.4) is 0 Å². The number of aliphatic imine (C=N–C) groups is 1. The van der Waals surface area contributed by atoms with Gasteiger partial charge in [-0.2, -0.15) is 0 Å². The molecule has 3 heterocycles. The maximum Gasteiger partial charge on any atom is 0.228 e. The maximum absolute atomic E-state index is 6.82. The topological polar surface area (TPSA) is 47.0 Å². The first-order valence-electron chi connectivity index (χ1n) is 10.1. The van der Waals surface area contributed by atoms with Crippen molar-refractivity contribution in [1.82, 2.24) is 4.98 Å². The molecule has 148 valence electrons. The number of para-hydroxylation sites is 1. The molecule has 5 heteroatoms. The molecule has 1 unspecified atom stereocenters. The molecule has 2 aromatic carbocycles. The van der Waals surface area contributed by atoms with Crippen LogP contribution in [-0.2, 0) is 10.2 Å². The van der Waals surface area contributed by atoms with E-state index in [0.717, 1.165) is 28.8 Å². The summed E-state index contributed by atoms with van der Waals surface area (Å²) >= 11 is 0. The summed E-state index contributed by atoms with van der Waals surface area (Å²) < 4.78 is 12.5. The average molecular weight is 387 g/mol. The van der Waals surface area contributed by atoms with Crippen LogP contribution in [0.2, 0.25) is 0 Å². The van der Waals surface area contributed by atoms with Gasteiger partial charge in [-0.05, 0) is 49.9 Å². The van der Waals surface area contributed by atoms with Gasteiger partial charge in [-0.15, -0.1) is 0 Å². The minimum absolute atomic E-state index is 0.291. The summed E-state index contributed by atoms with van der Waals surface area (Å²) in [6.45, 7) is 8.53. The van der Waals surface area contributed by atoms with E-state index in [0.29, 0.717) is 13.2 Å². The summed E-state index contributed by atoms with van der Waals surface area (Å²) in [7, 11) is 0. The van der Waals surface area contributed by atoms with Crippen LogP contribution in [0.25, 0.3) is 10.8 Å². The molecule has 1 aromatic heterocycles. The Morgan fingerprint density at radius 2 is 1.97 bits per heavy atom. The van der Waals surface area contributed by atoms with Gasteiger partial charge in [-0.25, -0.2) is 0 Å². The van der Waals surface area contributed by atoms with E-state index >= 15 is 0 Å². The van der Waals surface area contributed by atoms with Gasteiger partial charge in [0.25, 0.3) is 0 Å². The van der Waals surface area contributed by atoms with E-state index in [1.807, 2.05) is 31.5 Å². The van der Waals surface area contributed by atoms with Crippen molar-refractivity contribution in [2.24, 2.45) is 4.99 Å². The molecule has 1 spiro atoms. The highest BCUT2D eigenvalue weighted by molar-refractivity contribution is 5.99. The van der Waals surface area contributed by atoms with Crippen LogP contribution in [-0.4, -0.2) is 36.7 Å². The van der Waals surface area contributed by atoms with Gasteiger partial charge in [0.05, 0.1) is 18.2 Å². The van der Waals surface area contributed by atoms with E-state index in [2.05, 4.69) is 54.1 Å². The lowest BCUT2D eigenvalue weighted by molar-refractivity contribution is 0.0680. The number of aromatic nitrogens is 1. The zero-order valence-electron chi connectivity index (χ0n) is 17.1. The number of rotatable bonds is 4. The fourth-order valence-electron chi connectivity index (χ4n) is 4.63. The smallest absolute Gasteiger partial charge is 0.228 e. The van der Waals surface area contributed by atoms with Crippen molar-refractivity contribution < 1.29 is 9.47 Å². The zero-order valence-corrected chi connectivity index (χ0v) is 17.1. The largest absolute Gasteiger partial charge is 0.459 e. The average Bonchev–Trinajstić information content (AvgIpc) is 2.92. The number of hydrogen-bond acceptors (Lipinski definition) is 5. The van der Waals surface area contributed by atoms with E-state index < -0.39 is 5.72 Å². The second-order valence-corrected chi connectivity index (χ2v) is 8.06. The van der Waals surface area contributed by atoms with Crippen molar-refractivity contribution in [3.05, 3.63) is 60.4 Å². The Bertz CT molecular complexity index is 1110. The van der Waals surface area contributed by atoms with Crippen LogP contribution < -0.4 is 9.64 Å². The summed E-state index contributed by atoms with van der Waals surface area (Å²) in [6.07, 6.45) is 5.64. The van der Waals surface area contributed by atoms with Gasteiger partial charge < -0.3 is 14.4 Å². The molecule has 2 aliphatic heterocycles. The summed E-state index contributed by atoms with van der Waals surface area (Å²) in [5, 5.41) is 2.11. The molecule has 0 saturated heterocycles. The molecule has 0 amide bonds. The summed E-state index contributed by atoms with van der Waals surface area (Å²) in [6, 6.07) is 14.6. The van der Waals surface area contributed by atoms with Gasteiger partial charge in [-0.3, -0.25) is 9.98 Å². The lowest BCUT2D eigenvalue weighted by Crippen LogP contribution is -2.62. The molecule has 3 aromatic rings. The molecule has 5 rings (SSSR count). The van der Waals surface area contributed by atoms with Gasteiger partial charge in [0.1, 0.15) is 11.4 Å². The summed E-state index contributed by atoms with van der Waals surface area (Å²) in [4.78, 5) is 11.5. The van der Waals surface area contributed by atoms with E-state index in [9.17, 15) is 0 Å². The summed E-state index contributed by atoms with van der Waals surface area (Å²) in [5.74, 6) is 0.787. The van der Waals surface area contributed by atoms with Crippen molar-refractivity contribution in [1.29, 1.82) is 0 Å². The molecule has 0 saturated carbocycles. The molecule has 0 radical (unpaired) electrons. The van der Waals surface area contributed by atoms with Crippen LogP contribution in [0.5, 0.6) is 5.75 Å². The second-order valence-electron chi connectivity index (χ2n) is 8.06. The number of ether oxygens (including phenoxy) is 2. The number of anilines is 1. The molecule has 1 atom stereocenters. The van der Waals surface area contributed by atoms with Crippen LogP contribution in [0.1, 0.15) is 26.3 Å². The van der Waals surface area contributed by atoms with E-state index in [1.54, 1.807) is 6.20 Å². The van der Waals surface area contributed by atoms with E-state index in [4.69, 9.17) is 14.5 Å². The Hall–Kier alpha value is -2.92. The molecular weight excluding hydrogens is 362 g/mol. The first-order chi connectivity index (χ1) is 14.1. The van der Waals surface area contributed by atoms with Crippen LogP contribution in [0.4, 0.5) is 11.4 Å². The van der Waals surface area contributed by atoms with Gasteiger partial charge in [0, 0.05) is 36.6 Å². The Balaban J connectivity index is 1.65. The Morgan fingerprint density at radius 1 is 1.10 bits per heavy atom. The van der Waals surface area contributed by atoms with Crippen molar-refractivity contribution >= 4 is 28.4 Å². The van der Waals surface area contributed by atoms with E-state index in [1.165, 1.54) is 11.3 Å². The SMILES string of the molecule is CCOCCN1c2ccccc2C(C)(C)C12C=Nc1c(ccc3ccncc13)O2. The molecule has 5 nitrogen and oxygen atoms in total. The van der Waals surface area contributed by atoms with Crippen molar-refractivity contribution in [2.45, 2.75) is 31.9 Å². The van der Waals surface area contributed by atoms with Gasteiger partial charge in [0.15, 0.2) is 0 Å². The first-order valence-corrected chi connectivity index (χ1v) is 10.1. The quantitative estimate of drug-likeness (QED) is 0.600. The monoisotopic (exact) mass is 387 g/mol. The minimum atomic E-state index is -0.712. The number of fused-ring (bicyclic) bond motifs is 4. The number of hydrogen-bond donors (Lipinski definition) is 0. The second kappa shape index (κ2) is 6.56. The normalized spacial score (nSPS) is 21.3. The highest BCUT2D eigenvalue weighted by Crippen LogP contribution is 2.54. The molecule has 0 N–H and O–H groups in total. The minimum Gasteiger partial charge on any atom is -0.459 e. The Kier molecular flexibility index (Phi) is 4.10. The maximum atomic E-state index is 6.82. The first kappa shape index (κ1) is 18.1. The molecule has 2 aliphatic rings. The predicted octanol–water partition coefficient (Wildman–Crippen LogP) is 4.86. The third kappa shape index (κ3) is 2.50. The van der Waals surface area contributed by atoms with E-state index in [-0.39, 0.29) is 5.41 Å². The lowest BCUT2D eigenvalue weighted by Gasteiger charge is -2.46. The predicted molar refractivity (Wildman–Crippen MR) is 117 cm³/mol. The van der Waals surface area contributed by atoms with Gasteiger partial charge in [0.2, 0.25) is 5.72 Å². The van der Waals surface area contributed by atoms with Gasteiger partial charge in [-0.1, -0.05) is 24.3 Å². The number of nitrogens with zero attached hydrogens (tertiary/aromatic N) is 3. The van der Waals surface area contributed by atoms with Crippen molar-refractivity contribution in [3.8, 4) is 5.75 Å². The Morgan fingerprint density at radius 3 is 2.83 bits per heavy atom. The molecular formula is C24H25N3O2. The summed E-state index contributed by atoms with van der Waals surface area (Å²) in [5.41, 5.74) is 2.28. The fourth-order valence-corrected chi connectivity index (χ4v) is 4.63. The highest BCUT2D eigenvalue weighted by atomic mass is 16.5. The van der Waals surface area contributed by atoms with Crippen molar-refractivity contribution in [2.75, 3.05) is 24.7 Å². The third-order valence-electron chi connectivity index (χ3n) is 6.22. The molecule has 0 fully saturated rings. The van der Waals surface area contributed by atoms with Gasteiger partial charge >= 0.3 is 0 Å². The Labute approximate surface area is 171 Å². The van der Waals surface area contributed by atoms with Crippen molar-refractivity contribution in [3.63, 3.8) is 0 Å². The number of pyridine rings is 1. The molecule has 0 bridgehead atoms. The van der Waals surface area contributed by atoms with Crippen LogP contribution in [0, 0.1) is 0 Å². The lowest BCUT2D eigenvalue weighted by atomic mass is 9.77. The zero-order chi connectivity index (χ0) is 20.1. The third-order valence-corrected chi connectivity index (χ3v) is 6.22.